The molecule has 0 fully saturated rings. The maximum Gasteiger partial charge on any atom is 0.410 e. The van der Waals surface area contributed by atoms with Crippen LogP contribution in [0.5, 0.6) is 0 Å². The fourth-order valence-corrected chi connectivity index (χ4v) is 1.78. The van der Waals surface area contributed by atoms with Gasteiger partial charge in [0.2, 0.25) is 0 Å². The minimum absolute atomic E-state index is 0.210. The Morgan fingerprint density at radius 1 is 1.33 bits per heavy atom. The molecular formula is C12H7FN2O2S. The summed E-state index contributed by atoms with van der Waals surface area (Å²) in [6.45, 7) is 0. The Bertz CT molecular complexity index is 626. The lowest BCUT2D eigenvalue weighted by molar-refractivity contribution is 0.209. The lowest BCUT2D eigenvalue weighted by atomic mass is 10.2. The normalized spacial score (nSPS) is 9.39. The lowest BCUT2D eigenvalue weighted by Crippen LogP contribution is -2.08. The van der Waals surface area contributed by atoms with E-state index in [-0.39, 0.29) is 11.6 Å². The van der Waals surface area contributed by atoms with Crippen LogP contribution in [0.1, 0.15) is 10.4 Å². The van der Waals surface area contributed by atoms with Gasteiger partial charge in [0.1, 0.15) is 10.7 Å². The average Bonchev–Trinajstić information content (AvgIpc) is 2.75. The topological polar surface area (TPSA) is 62.2 Å². The molecule has 0 aliphatic rings. The summed E-state index contributed by atoms with van der Waals surface area (Å²) < 4.78 is 12.7. The monoisotopic (exact) mass is 262 g/mol. The summed E-state index contributed by atoms with van der Waals surface area (Å²) in [6.07, 6.45) is -1.19. The van der Waals surface area contributed by atoms with Crippen molar-refractivity contribution in [1.82, 2.24) is 4.98 Å². The minimum atomic E-state index is -1.19. The van der Waals surface area contributed by atoms with Gasteiger partial charge in [-0.15, -0.1) is 11.3 Å². The minimum Gasteiger partial charge on any atom is -0.465 e. The number of aromatic nitrogens is 1. The van der Waals surface area contributed by atoms with E-state index in [0.717, 1.165) is 0 Å². The molecule has 0 saturated heterocycles. The van der Waals surface area contributed by atoms with Gasteiger partial charge in [-0.25, -0.2) is 14.2 Å². The quantitative estimate of drug-likeness (QED) is 0.777. The lowest BCUT2D eigenvalue weighted by Gasteiger charge is -1.94. The van der Waals surface area contributed by atoms with Gasteiger partial charge in [0.05, 0.1) is 5.51 Å². The van der Waals surface area contributed by atoms with E-state index < -0.39 is 6.09 Å². The number of hydrogen-bond acceptors (Lipinski definition) is 3. The number of anilines is 1. The summed E-state index contributed by atoms with van der Waals surface area (Å²) in [4.78, 5) is 14.9. The van der Waals surface area contributed by atoms with Crippen molar-refractivity contribution in [3.63, 3.8) is 0 Å². The van der Waals surface area contributed by atoms with Crippen molar-refractivity contribution in [3.05, 3.63) is 46.0 Å². The molecular weight excluding hydrogens is 255 g/mol. The third kappa shape index (κ3) is 3.06. The Morgan fingerprint density at radius 3 is 2.72 bits per heavy atom. The Morgan fingerprint density at radius 2 is 2.06 bits per heavy atom. The van der Waals surface area contributed by atoms with Gasteiger partial charge < -0.3 is 5.11 Å². The first-order valence-electron chi connectivity index (χ1n) is 4.86. The van der Waals surface area contributed by atoms with E-state index in [2.05, 4.69) is 22.1 Å². The molecule has 0 aliphatic carbocycles. The second-order valence-electron chi connectivity index (χ2n) is 3.22. The molecule has 90 valence electrons. The van der Waals surface area contributed by atoms with Crippen LogP contribution in [0, 0.1) is 17.7 Å². The van der Waals surface area contributed by atoms with Crippen molar-refractivity contribution in [2.45, 2.75) is 0 Å². The molecule has 2 N–H and O–H groups in total. The molecule has 0 radical (unpaired) electrons. The summed E-state index contributed by atoms with van der Waals surface area (Å²) >= 11 is 1.23. The molecule has 1 heterocycles. The molecule has 2 rings (SSSR count). The summed E-state index contributed by atoms with van der Waals surface area (Å²) in [5.41, 5.74) is 2.14. The molecule has 4 nitrogen and oxygen atoms in total. The standard InChI is InChI=1S/C12H7FN2O2S/c13-9-4-1-8(2-5-9)3-6-10-11(14-7-18-10)15-12(16)17/h1-2,4-5,7,15H,(H,16,17). The van der Waals surface area contributed by atoms with Crippen molar-refractivity contribution in [1.29, 1.82) is 0 Å². The van der Waals surface area contributed by atoms with Crippen LogP contribution in [-0.2, 0) is 0 Å². The van der Waals surface area contributed by atoms with E-state index in [1.807, 2.05) is 0 Å². The van der Waals surface area contributed by atoms with Gasteiger partial charge in [0.25, 0.3) is 0 Å². The Hall–Kier alpha value is -2.39. The first-order valence-corrected chi connectivity index (χ1v) is 5.74. The number of benzene rings is 1. The highest BCUT2D eigenvalue weighted by Crippen LogP contribution is 2.17. The van der Waals surface area contributed by atoms with Gasteiger partial charge in [-0.05, 0) is 30.2 Å². The summed E-state index contributed by atoms with van der Waals surface area (Å²) in [6, 6.07) is 5.72. The molecule has 0 atom stereocenters. The van der Waals surface area contributed by atoms with E-state index in [9.17, 15) is 9.18 Å². The number of halogens is 1. The van der Waals surface area contributed by atoms with Crippen LogP contribution in [0.25, 0.3) is 0 Å². The van der Waals surface area contributed by atoms with E-state index in [4.69, 9.17) is 5.11 Å². The second-order valence-corrected chi connectivity index (χ2v) is 4.07. The van der Waals surface area contributed by atoms with Gasteiger partial charge in [-0.2, -0.15) is 0 Å². The SMILES string of the molecule is O=C(O)Nc1ncsc1C#Cc1ccc(F)cc1. The van der Waals surface area contributed by atoms with Crippen LogP contribution in [0.15, 0.2) is 29.8 Å². The van der Waals surface area contributed by atoms with Crippen LogP contribution in [0.3, 0.4) is 0 Å². The first kappa shape index (κ1) is 12.1. The number of thiazole rings is 1. The number of nitrogens with one attached hydrogen (secondary N) is 1. The fourth-order valence-electron chi connectivity index (χ4n) is 1.19. The van der Waals surface area contributed by atoms with Crippen molar-refractivity contribution in [2.75, 3.05) is 5.32 Å². The predicted molar refractivity (Wildman–Crippen MR) is 66.1 cm³/mol. The highest BCUT2D eigenvalue weighted by atomic mass is 32.1. The largest absolute Gasteiger partial charge is 0.465 e. The predicted octanol–water partition coefficient (Wildman–Crippen LogP) is 2.77. The summed E-state index contributed by atoms with van der Waals surface area (Å²) in [5, 5.41) is 10.7. The van der Waals surface area contributed by atoms with Crippen LogP contribution in [0.2, 0.25) is 0 Å². The molecule has 1 aromatic heterocycles. The zero-order chi connectivity index (χ0) is 13.0. The van der Waals surface area contributed by atoms with Gasteiger partial charge in [-0.3, -0.25) is 5.32 Å². The van der Waals surface area contributed by atoms with Gasteiger partial charge in [-0.1, -0.05) is 5.92 Å². The third-order valence-electron chi connectivity index (χ3n) is 1.96. The van der Waals surface area contributed by atoms with Crippen molar-refractivity contribution >= 4 is 23.2 Å². The smallest absolute Gasteiger partial charge is 0.410 e. The van der Waals surface area contributed by atoms with E-state index in [1.165, 1.54) is 29.0 Å². The number of carboxylic acid groups (broad SMARTS) is 1. The van der Waals surface area contributed by atoms with Gasteiger partial charge >= 0.3 is 6.09 Å². The molecule has 0 aliphatic heterocycles. The fraction of sp³-hybridized carbons (Fsp3) is 0. The zero-order valence-electron chi connectivity index (χ0n) is 8.98. The summed E-state index contributed by atoms with van der Waals surface area (Å²) in [5.74, 6) is 5.48. The number of nitrogens with zero attached hydrogens (tertiary/aromatic N) is 1. The first-order chi connectivity index (χ1) is 8.65. The Kier molecular flexibility index (Phi) is 3.55. The van der Waals surface area contributed by atoms with Crippen molar-refractivity contribution in [3.8, 4) is 11.8 Å². The maximum absolute atomic E-state index is 12.7. The second kappa shape index (κ2) is 5.29. The third-order valence-corrected chi connectivity index (χ3v) is 2.70. The molecule has 18 heavy (non-hydrogen) atoms. The van der Waals surface area contributed by atoms with Crippen molar-refractivity contribution in [2.24, 2.45) is 0 Å². The van der Waals surface area contributed by atoms with Crippen LogP contribution >= 0.6 is 11.3 Å². The zero-order valence-corrected chi connectivity index (χ0v) is 9.79. The highest BCUT2D eigenvalue weighted by molar-refractivity contribution is 7.10. The molecule has 6 heteroatoms. The molecule has 0 unspecified atom stereocenters. The average molecular weight is 262 g/mol. The van der Waals surface area contributed by atoms with E-state index >= 15 is 0 Å². The molecule has 2 aromatic rings. The van der Waals surface area contributed by atoms with Crippen molar-refractivity contribution < 1.29 is 14.3 Å². The molecule has 0 spiro atoms. The molecule has 0 saturated carbocycles. The van der Waals surface area contributed by atoms with E-state index in [0.29, 0.717) is 10.4 Å². The molecule has 1 aromatic carbocycles. The number of amides is 1. The Labute approximate surface area is 106 Å². The van der Waals surface area contributed by atoms with E-state index in [1.54, 1.807) is 12.1 Å². The number of hydrogen-bond donors (Lipinski definition) is 2. The number of carbonyl (C=O) groups is 1. The number of rotatable bonds is 1. The highest BCUT2D eigenvalue weighted by Gasteiger charge is 2.05. The van der Waals surface area contributed by atoms with Crippen LogP contribution in [-0.4, -0.2) is 16.2 Å². The summed E-state index contributed by atoms with van der Waals surface area (Å²) in [7, 11) is 0. The van der Waals surface area contributed by atoms with Crippen LogP contribution in [0.4, 0.5) is 15.0 Å². The van der Waals surface area contributed by atoms with Crippen LogP contribution < -0.4 is 5.32 Å². The maximum atomic E-state index is 12.7. The molecule has 1 amide bonds. The van der Waals surface area contributed by atoms with Gasteiger partial charge in [0, 0.05) is 5.56 Å². The molecule has 0 bridgehead atoms. The van der Waals surface area contributed by atoms with Gasteiger partial charge in [0.15, 0.2) is 5.82 Å². The Balaban J connectivity index is 2.22.